The van der Waals surface area contributed by atoms with Crippen LogP contribution >= 0.6 is 0 Å². The second-order valence-corrected chi connectivity index (χ2v) is 9.01. The number of rotatable bonds is 10. The van der Waals surface area contributed by atoms with E-state index in [1.807, 2.05) is 0 Å². The Morgan fingerprint density at radius 1 is 0.484 bits per heavy atom. The number of hydrogen-bond donors (Lipinski definition) is 4. The highest BCUT2D eigenvalue weighted by Gasteiger charge is 2.22. The van der Waals surface area contributed by atoms with Crippen molar-refractivity contribution in [1.82, 2.24) is 21.7 Å². The molecular weight excluding hydrogens is 396 g/mol. The molecule has 0 radical (unpaired) electrons. The first-order valence-electron chi connectivity index (χ1n) is 12.2. The highest BCUT2D eigenvalue weighted by atomic mass is 16.2. The monoisotopic (exact) mass is 436 g/mol. The zero-order chi connectivity index (χ0) is 22.3. The topological polar surface area (TPSA) is 116 Å². The molecule has 2 saturated carbocycles. The summed E-state index contributed by atoms with van der Waals surface area (Å²) in [4.78, 5) is 47.6. The summed E-state index contributed by atoms with van der Waals surface area (Å²) in [7, 11) is 0. The van der Waals surface area contributed by atoms with Crippen molar-refractivity contribution in [2.24, 2.45) is 11.8 Å². The molecule has 2 rings (SSSR count). The quantitative estimate of drug-likeness (QED) is 0.311. The lowest BCUT2D eigenvalue weighted by atomic mass is 9.89. The molecule has 2 aliphatic rings. The molecule has 0 aromatic heterocycles. The average Bonchev–Trinajstić information content (AvgIpc) is 2.81. The highest BCUT2D eigenvalue weighted by molar-refractivity contribution is 5.84. The van der Waals surface area contributed by atoms with Crippen molar-refractivity contribution in [1.29, 1.82) is 0 Å². The van der Waals surface area contributed by atoms with Crippen LogP contribution in [0.1, 0.15) is 109 Å². The van der Waals surface area contributed by atoms with Crippen LogP contribution < -0.4 is 21.7 Å². The van der Waals surface area contributed by atoms with Crippen LogP contribution in [0.2, 0.25) is 0 Å². The summed E-state index contributed by atoms with van der Waals surface area (Å²) >= 11 is 0. The molecular formula is C23H40N4O4. The van der Waals surface area contributed by atoms with Crippen LogP contribution in [-0.2, 0) is 19.2 Å². The fourth-order valence-corrected chi connectivity index (χ4v) is 4.42. The van der Waals surface area contributed by atoms with Gasteiger partial charge in [0.1, 0.15) is 0 Å². The molecule has 2 aliphatic carbocycles. The van der Waals surface area contributed by atoms with Gasteiger partial charge in [0.05, 0.1) is 0 Å². The van der Waals surface area contributed by atoms with E-state index in [2.05, 4.69) is 21.7 Å². The minimum Gasteiger partial charge on any atom is -0.273 e. The van der Waals surface area contributed by atoms with Crippen molar-refractivity contribution in [2.45, 2.75) is 109 Å². The molecule has 0 bridgehead atoms. The summed E-state index contributed by atoms with van der Waals surface area (Å²) in [5.41, 5.74) is 10.1. The Morgan fingerprint density at radius 3 is 1.23 bits per heavy atom. The second kappa shape index (κ2) is 14.8. The molecule has 0 unspecified atom stereocenters. The molecule has 176 valence electrons. The summed E-state index contributed by atoms with van der Waals surface area (Å²) in [5, 5.41) is 0. The van der Waals surface area contributed by atoms with Crippen molar-refractivity contribution in [3.05, 3.63) is 0 Å². The Hall–Kier alpha value is -2.12. The van der Waals surface area contributed by atoms with Crippen molar-refractivity contribution < 1.29 is 19.2 Å². The highest BCUT2D eigenvalue weighted by Crippen LogP contribution is 2.24. The van der Waals surface area contributed by atoms with Crippen LogP contribution in [0, 0.1) is 11.8 Å². The Labute approximate surface area is 186 Å². The van der Waals surface area contributed by atoms with E-state index in [0.717, 1.165) is 83.5 Å². The fraction of sp³-hybridized carbons (Fsp3) is 0.826. The van der Waals surface area contributed by atoms with Crippen LogP contribution in [0.3, 0.4) is 0 Å². The van der Waals surface area contributed by atoms with Crippen LogP contribution in [0.5, 0.6) is 0 Å². The van der Waals surface area contributed by atoms with Crippen molar-refractivity contribution in [2.75, 3.05) is 0 Å². The van der Waals surface area contributed by atoms with E-state index < -0.39 is 0 Å². The molecule has 8 heteroatoms. The largest absolute Gasteiger partial charge is 0.273 e. The number of amides is 4. The first kappa shape index (κ1) is 25.1. The van der Waals surface area contributed by atoms with Gasteiger partial charge in [-0.2, -0.15) is 0 Å². The molecule has 0 aromatic rings. The summed E-state index contributed by atoms with van der Waals surface area (Å²) in [6.45, 7) is 0. The first-order chi connectivity index (χ1) is 15.1. The molecule has 4 N–H and O–H groups in total. The van der Waals surface area contributed by atoms with Crippen molar-refractivity contribution in [3.63, 3.8) is 0 Å². The van der Waals surface area contributed by atoms with E-state index in [0.29, 0.717) is 12.8 Å². The Kier molecular flexibility index (Phi) is 12.0. The Bertz CT molecular complexity index is 534. The Balaban J connectivity index is 1.39. The molecule has 0 saturated heterocycles. The smallest absolute Gasteiger partial charge is 0.241 e. The maximum Gasteiger partial charge on any atom is 0.241 e. The number of unbranched alkanes of at least 4 members (excludes halogenated alkanes) is 4. The zero-order valence-corrected chi connectivity index (χ0v) is 18.8. The van der Waals surface area contributed by atoms with E-state index in [9.17, 15) is 19.2 Å². The third kappa shape index (κ3) is 10.6. The van der Waals surface area contributed by atoms with Gasteiger partial charge in [0.2, 0.25) is 23.6 Å². The second-order valence-electron chi connectivity index (χ2n) is 9.01. The zero-order valence-electron chi connectivity index (χ0n) is 18.8. The summed E-state index contributed by atoms with van der Waals surface area (Å²) in [6.07, 6.45) is 15.4. The summed E-state index contributed by atoms with van der Waals surface area (Å²) in [5.74, 6) is -0.379. The van der Waals surface area contributed by atoms with Crippen molar-refractivity contribution >= 4 is 23.6 Å². The predicted molar refractivity (Wildman–Crippen MR) is 118 cm³/mol. The molecule has 0 aromatic carbocycles. The first-order valence-corrected chi connectivity index (χ1v) is 12.2. The third-order valence-electron chi connectivity index (χ3n) is 6.41. The van der Waals surface area contributed by atoms with Gasteiger partial charge >= 0.3 is 0 Å². The van der Waals surface area contributed by atoms with E-state index in [1.165, 1.54) is 12.8 Å². The van der Waals surface area contributed by atoms with E-state index in [1.54, 1.807) is 0 Å². The number of nitrogens with one attached hydrogen (secondary N) is 4. The van der Waals surface area contributed by atoms with Gasteiger partial charge in [-0.05, 0) is 38.5 Å². The minimum absolute atomic E-state index is 0.0341. The predicted octanol–water partition coefficient (Wildman–Crippen LogP) is 3.17. The molecule has 8 nitrogen and oxygen atoms in total. The average molecular weight is 437 g/mol. The standard InChI is InChI=1S/C23H40N4O4/c28-20(24-26-22(30)18-12-6-4-7-13-18)16-10-2-1-3-11-17-21(29)25-27-23(31)19-14-8-5-9-15-19/h18-19H,1-17H2,(H,24,28)(H,25,29)(H,26,30)(H,27,31). The minimum atomic E-state index is -0.155. The number of carbonyl (C=O) groups excluding carboxylic acids is 4. The van der Waals surface area contributed by atoms with Gasteiger partial charge < -0.3 is 0 Å². The number of hydrazine groups is 2. The number of hydrogen-bond acceptors (Lipinski definition) is 4. The van der Waals surface area contributed by atoms with Crippen LogP contribution in [-0.4, -0.2) is 23.6 Å². The molecule has 0 atom stereocenters. The third-order valence-corrected chi connectivity index (χ3v) is 6.41. The van der Waals surface area contributed by atoms with Gasteiger partial charge in [-0.1, -0.05) is 57.8 Å². The molecule has 0 aliphatic heterocycles. The van der Waals surface area contributed by atoms with Gasteiger partial charge in [-0.15, -0.1) is 0 Å². The van der Waals surface area contributed by atoms with Gasteiger partial charge in [0.25, 0.3) is 0 Å². The lowest BCUT2D eigenvalue weighted by Crippen LogP contribution is -2.44. The molecule has 31 heavy (non-hydrogen) atoms. The number of carbonyl (C=O) groups is 4. The lowest BCUT2D eigenvalue weighted by Gasteiger charge is -2.20. The SMILES string of the molecule is O=C(CCCCCCCC(=O)NNC(=O)C1CCCCC1)NNC(=O)C1CCCCC1. The summed E-state index contributed by atoms with van der Waals surface area (Å²) in [6, 6.07) is 0. The molecule has 0 spiro atoms. The van der Waals surface area contributed by atoms with E-state index >= 15 is 0 Å². The fourth-order valence-electron chi connectivity index (χ4n) is 4.42. The van der Waals surface area contributed by atoms with E-state index in [4.69, 9.17) is 0 Å². The van der Waals surface area contributed by atoms with Gasteiger partial charge in [-0.25, -0.2) is 0 Å². The maximum atomic E-state index is 12.0. The lowest BCUT2D eigenvalue weighted by molar-refractivity contribution is -0.131. The summed E-state index contributed by atoms with van der Waals surface area (Å²) < 4.78 is 0. The van der Waals surface area contributed by atoms with Gasteiger partial charge in [0.15, 0.2) is 0 Å². The van der Waals surface area contributed by atoms with Gasteiger partial charge in [0, 0.05) is 24.7 Å². The Morgan fingerprint density at radius 2 is 0.839 bits per heavy atom. The molecule has 0 heterocycles. The normalized spacial score (nSPS) is 17.5. The van der Waals surface area contributed by atoms with Crippen LogP contribution in [0.4, 0.5) is 0 Å². The van der Waals surface area contributed by atoms with Crippen LogP contribution in [0.15, 0.2) is 0 Å². The van der Waals surface area contributed by atoms with Crippen LogP contribution in [0.25, 0.3) is 0 Å². The maximum absolute atomic E-state index is 12.0. The van der Waals surface area contributed by atoms with Crippen molar-refractivity contribution in [3.8, 4) is 0 Å². The van der Waals surface area contributed by atoms with Gasteiger partial charge in [-0.3, -0.25) is 40.9 Å². The van der Waals surface area contributed by atoms with E-state index in [-0.39, 0.29) is 35.5 Å². The molecule has 2 fully saturated rings. The molecule has 4 amide bonds.